The average molecular weight is 234 g/mol. The molecule has 0 bridgehead atoms. The summed E-state index contributed by atoms with van der Waals surface area (Å²) < 4.78 is 0. The second-order valence-corrected chi connectivity index (χ2v) is 4.41. The van der Waals surface area contributed by atoms with E-state index in [2.05, 4.69) is 42.7 Å². The number of hydrogen-bond acceptors (Lipinski definition) is 2. The predicted octanol–water partition coefficient (Wildman–Crippen LogP) is 1.92. The molecule has 3 nitrogen and oxygen atoms in total. The molecule has 0 saturated carbocycles. The van der Waals surface area contributed by atoms with E-state index in [0.717, 1.165) is 13.0 Å². The van der Waals surface area contributed by atoms with Gasteiger partial charge in [-0.3, -0.25) is 4.79 Å². The van der Waals surface area contributed by atoms with E-state index in [-0.39, 0.29) is 5.91 Å². The molecular formula is C14H22N2O. The number of hydrogen-bond donors (Lipinski definition) is 2. The topological polar surface area (TPSA) is 41.1 Å². The second kappa shape index (κ2) is 7.07. The molecule has 2 N–H and O–H groups in total. The molecule has 17 heavy (non-hydrogen) atoms. The summed E-state index contributed by atoms with van der Waals surface area (Å²) in [4.78, 5) is 11.5. The lowest BCUT2D eigenvalue weighted by atomic mass is 10.1. The number of rotatable bonds is 6. The van der Waals surface area contributed by atoms with Gasteiger partial charge in [-0.1, -0.05) is 23.8 Å². The lowest BCUT2D eigenvalue weighted by Crippen LogP contribution is -2.24. The molecule has 1 aromatic rings. The Kier molecular flexibility index (Phi) is 5.70. The van der Waals surface area contributed by atoms with E-state index < -0.39 is 0 Å². The molecular weight excluding hydrogens is 212 g/mol. The molecule has 0 radical (unpaired) electrons. The van der Waals surface area contributed by atoms with Gasteiger partial charge in [-0.05, 0) is 45.0 Å². The third-order valence-electron chi connectivity index (χ3n) is 2.81. The molecule has 0 aliphatic heterocycles. The molecule has 0 atom stereocenters. The van der Waals surface area contributed by atoms with Crippen LogP contribution >= 0.6 is 0 Å². The van der Waals surface area contributed by atoms with Crippen LogP contribution in [0.15, 0.2) is 18.2 Å². The van der Waals surface area contributed by atoms with E-state index in [4.69, 9.17) is 0 Å². The Morgan fingerprint density at radius 3 is 2.76 bits per heavy atom. The van der Waals surface area contributed by atoms with Crippen LogP contribution in [-0.4, -0.2) is 19.5 Å². The van der Waals surface area contributed by atoms with Gasteiger partial charge >= 0.3 is 0 Å². The maximum absolute atomic E-state index is 11.5. The number of carbonyl (C=O) groups is 1. The highest BCUT2D eigenvalue weighted by molar-refractivity contribution is 5.75. The van der Waals surface area contributed by atoms with Gasteiger partial charge < -0.3 is 10.6 Å². The smallest absolute Gasteiger partial charge is 0.220 e. The third-order valence-corrected chi connectivity index (χ3v) is 2.81. The summed E-state index contributed by atoms with van der Waals surface area (Å²) >= 11 is 0. The highest BCUT2D eigenvalue weighted by Crippen LogP contribution is 2.10. The van der Waals surface area contributed by atoms with Crippen molar-refractivity contribution in [3.63, 3.8) is 0 Å². The van der Waals surface area contributed by atoms with Gasteiger partial charge in [-0.15, -0.1) is 0 Å². The van der Waals surface area contributed by atoms with Crippen LogP contribution < -0.4 is 10.6 Å². The van der Waals surface area contributed by atoms with Crippen molar-refractivity contribution in [2.75, 3.05) is 13.6 Å². The van der Waals surface area contributed by atoms with Crippen LogP contribution in [0.2, 0.25) is 0 Å². The van der Waals surface area contributed by atoms with Crippen LogP contribution in [0.25, 0.3) is 0 Å². The van der Waals surface area contributed by atoms with Gasteiger partial charge in [0.15, 0.2) is 0 Å². The predicted molar refractivity (Wildman–Crippen MR) is 70.9 cm³/mol. The molecule has 3 heteroatoms. The first kappa shape index (κ1) is 13.7. The number of amides is 1. The van der Waals surface area contributed by atoms with Gasteiger partial charge in [-0.25, -0.2) is 0 Å². The number of nitrogens with one attached hydrogen (secondary N) is 2. The van der Waals surface area contributed by atoms with Crippen LogP contribution in [0.3, 0.4) is 0 Å². The zero-order chi connectivity index (χ0) is 12.7. The maximum atomic E-state index is 11.5. The second-order valence-electron chi connectivity index (χ2n) is 4.41. The third kappa shape index (κ3) is 5.00. The van der Waals surface area contributed by atoms with E-state index in [0.29, 0.717) is 13.0 Å². The van der Waals surface area contributed by atoms with Crippen LogP contribution in [0.1, 0.15) is 29.5 Å². The lowest BCUT2D eigenvalue weighted by Gasteiger charge is -2.09. The van der Waals surface area contributed by atoms with E-state index in [9.17, 15) is 4.79 Å². The zero-order valence-electron chi connectivity index (χ0n) is 11.0. The summed E-state index contributed by atoms with van der Waals surface area (Å²) in [6, 6.07) is 6.31. The minimum Gasteiger partial charge on any atom is -0.352 e. The highest BCUT2D eigenvalue weighted by Gasteiger charge is 2.03. The van der Waals surface area contributed by atoms with Gasteiger partial charge in [0.05, 0.1) is 0 Å². The Morgan fingerprint density at radius 1 is 1.29 bits per heavy atom. The molecule has 1 amide bonds. The van der Waals surface area contributed by atoms with Crippen molar-refractivity contribution in [1.29, 1.82) is 0 Å². The molecule has 0 fully saturated rings. The van der Waals surface area contributed by atoms with Crippen molar-refractivity contribution < 1.29 is 4.79 Å². The molecule has 0 aliphatic carbocycles. The normalized spacial score (nSPS) is 10.3. The summed E-state index contributed by atoms with van der Waals surface area (Å²) in [5.74, 6) is 0.126. The standard InChI is InChI=1S/C14H22N2O/c1-11-6-7-12(2)13(9-11)10-16-14(17)5-4-8-15-3/h6-7,9,15H,4-5,8,10H2,1-3H3,(H,16,17). The summed E-state index contributed by atoms with van der Waals surface area (Å²) in [7, 11) is 1.90. The fourth-order valence-corrected chi connectivity index (χ4v) is 1.70. The Labute approximate surface area is 104 Å². The van der Waals surface area contributed by atoms with E-state index in [1.807, 2.05) is 7.05 Å². The highest BCUT2D eigenvalue weighted by atomic mass is 16.1. The number of carbonyl (C=O) groups excluding carboxylic acids is 1. The van der Waals surface area contributed by atoms with E-state index in [1.165, 1.54) is 16.7 Å². The van der Waals surface area contributed by atoms with Crippen molar-refractivity contribution in [2.24, 2.45) is 0 Å². The quantitative estimate of drug-likeness (QED) is 0.738. The van der Waals surface area contributed by atoms with Crippen LogP contribution in [0.4, 0.5) is 0 Å². The van der Waals surface area contributed by atoms with Crippen LogP contribution in [0, 0.1) is 13.8 Å². The average Bonchev–Trinajstić information content (AvgIpc) is 2.31. The van der Waals surface area contributed by atoms with Gasteiger partial charge in [0.25, 0.3) is 0 Å². The van der Waals surface area contributed by atoms with Crippen molar-refractivity contribution in [3.05, 3.63) is 34.9 Å². The van der Waals surface area contributed by atoms with E-state index in [1.54, 1.807) is 0 Å². The van der Waals surface area contributed by atoms with Gasteiger partial charge in [-0.2, -0.15) is 0 Å². The SMILES string of the molecule is CNCCCC(=O)NCc1cc(C)ccc1C. The first-order chi connectivity index (χ1) is 8.13. The lowest BCUT2D eigenvalue weighted by molar-refractivity contribution is -0.121. The van der Waals surface area contributed by atoms with Crippen LogP contribution in [-0.2, 0) is 11.3 Å². The van der Waals surface area contributed by atoms with E-state index >= 15 is 0 Å². The Morgan fingerprint density at radius 2 is 2.06 bits per heavy atom. The minimum absolute atomic E-state index is 0.126. The van der Waals surface area contributed by atoms with Crippen molar-refractivity contribution >= 4 is 5.91 Å². The summed E-state index contributed by atoms with van der Waals surface area (Å²) in [6.45, 7) is 5.66. The minimum atomic E-state index is 0.126. The Balaban J connectivity index is 2.39. The first-order valence-electron chi connectivity index (χ1n) is 6.11. The molecule has 0 heterocycles. The largest absolute Gasteiger partial charge is 0.352 e. The Hall–Kier alpha value is -1.35. The van der Waals surface area contributed by atoms with Crippen molar-refractivity contribution in [3.8, 4) is 0 Å². The molecule has 0 aromatic heterocycles. The van der Waals surface area contributed by atoms with Gasteiger partial charge in [0, 0.05) is 13.0 Å². The molecule has 0 saturated heterocycles. The summed E-state index contributed by atoms with van der Waals surface area (Å²) in [6.07, 6.45) is 1.47. The molecule has 0 aliphatic rings. The van der Waals surface area contributed by atoms with Crippen LogP contribution in [0.5, 0.6) is 0 Å². The first-order valence-corrected chi connectivity index (χ1v) is 6.11. The zero-order valence-corrected chi connectivity index (χ0v) is 11.0. The fourth-order valence-electron chi connectivity index (χ4n) is 1.70. The molecule has 1 aromatic carbocycles. The summed E-state index contributed by atoms with van der Waals surface area (Å²) in [5, 5.41) is 5.99. The Bertz CT molecular complexity index is 374. The van der Waals surface area contributed by atoms with Gasteiger partial charge in [0.2, 0.25) is 5.91 Å². The molecule has 0 unspecified atom stereocenters. The summed E-state index contributed by atoms with van der Waals surface area (Å²) in [5.41, 5.74) is 3.66. The molecule has 0 spiro atoms. The monoisotopic (exact) mass is 234 g/mol. The van der Waals surface area contributed by atoms with Gasteiger partial charge in [0.1, 0.15) is 0 Å². The van der Waals surface area contributed by atoms with Crippen molar-refractivity contribution in [1.82, 2.24) is 10.6 Å². The molecule has 1 rings (SSSR count). The molecule has 94 valence electrons. The fraction of sp³-hybridized carbons (Fsp3) is 0.500. The number of aryl methyl sites for hydroxylation is 2. The van der Waals surface area contributed by atoms with Crippen molar-refractivity contribution in [2.45, 2.75) is 33.2 Å². The maximum Gasteiger partial charge on any atom is 0.220 e. The number of benzene rings is 1.